The van der Waals surface area contributed by atoms with Crippen molar-refractivity contribution in [3.8, 4) is 0 Å². The number of hydrogen-bond acceptors (Lipinski definition) is 5. The molecule has 0 unspecified atom stereocenters. The van der Waals surface area contributed by atoms with E-state index in [1.807, 2.05) is 0 Å². The Hall–Kier alpha value is -2.16. The highest BCUT2D eigenvalue weighted by molar-refractivity contribution is 5.91. The fourth-order valence-corrected chi connectivity index (χ4v) is 1.63. The van der Waals surface area contributed by atoms with E-state index in [1.54, 1.807) is 13.8 Å². The predicted molar refractivity (Wildman–Crippen MR) is 78.4 cm³/mol. The van der Waals surface area contributed by atoms with Gasteiger partial charge in [0.15, 0.2) is 0 Å². The Balaban J connectivity index is 4.87. The third-order valence-corrected chi connectivity index (χ3v) is 2.95. The van der Waals surface area contributed by atoms with Crippen LogP contribution in [-0.2, 0) is 19.2 Å². The van der Waals surface area contributed by atoms with Crippen molar-refractivity contribution in [2.75, 3.05) is 0 Å². The first kappa shape index (κ1) is 19.8. The molecule has 3 atom stereocenters. The molecule has 0 saturated carbocycles. The number of nitrogens with two attached hydrogens (primary N) is 2. The van der Waals surface area contributed by atoms with Gasteiger partial charge in [-0.1, -0.05) is 13.8 Å². The Morgan fingerprint density at radius 1 is 1.05 bits per heavy atom. The molecule has 0 heterocycles. The number of carboxylic acids is 1. The lowest BCUT2D eigenvalue weighted by Gasteiger charge is -2.24. The molecule has 0 rings (SSSR count). The summed E-state index contributed by atoms with van der Waals surface area (Å²) in [6, 6.07) is -2.97. The zero-order valence-corrected chi connectivity index (χ0v) is 13.0. The van der Waals surface area contributed by atoms with E-state index < -0.39 is 41.8 Å². The standard InChI is InChI=1S/C13H24N4O5/c1-6(2)10(17-11(19)7(3)14)12(20)16-8(13(21)22)4-5-9(15)18/h6-8,10H,4-5,14H2,1-3H3,(H2,15,18)(H,16,20)(H,17,19)(H,21,22)/t7-,8-,10-/m0/s1. The van der Waals surface area contributed by atoms with Gasteiger partial charge < -0.3 is 27.2 Å². The van der Waals surface area contributed by atoms with Gasteiger partial charge >= 0.3 is 5.97 Å². The molecule has 3 amide bonds. The molecule has 0 saturated heterocycles. The van der Waals surface area contributed by atoms with Gasteiger partial charge in [0.25, 0.3) is 0 Å². The van der Waals surface area contributed by atoms with E-state index in [0.717, 1.165) is 0 Å². The van der Waals surface area contributed by atoms with E-state index in [0.29, 0.717) is 0 Å². The number of carbonyl (C=O) groups is 4. The number of carboxylic acid groups (broad SMARTS) is 1. The smallest absolute Gasteiger partial charge is 0.326 e. The topological polar surface area (TPSA) is 165 Å². The second-order valence-electron chi connectivity index (χ2n) is 5.42. The third kappa shape index (κ3) is 7.02. The number of hydrogen-bond donors (Lipinski definition) is 5. The van der Waals surface area contributed by atoms with Gasteiger partial charge in [-0.15, -0.1) is 0 Å². The van der Waals surface area contributed by atoms with Gasteiger partial charge in [0.1, 0.15) is 12.1 Å². The average Bonchev–Trinajstić information content (AvgIpc) is 2.38. The molecule has 0 spiro atoms. The zero-order chi connectivity index (χ0) is 17.4. The Morgan fingerprint density at radius 2 is 1.59 bits per heavy atom. The van der Waals surface area contributed by atoms with E-state index in [9.17, 15) is 19.2 Å². The summed E-state index contributed by atoms with van der Waals surface area (Å²) in [5.41, 5.74) is 10.4. The summed E-state index contributed by atoms with van der Waals surface area (Å²) >= 11 is 0. The van der Waals surface area contributed by atoms with Crippen molar-refractivity contribution in [2.45, 2.75) is 51.7 Å². The molecule has 0 aliphatic heterocycles. The van der Waals surface area contributed by atoms with Crippen LogP contribution in [0.15, 0.2) is 0 Å². The number of carbonyl (C=O) groups excluding carboxylic acids is 3. The fourth-order valence-electron chi connectivity index (χ4n) is 1.63. The van der Waals surface area contributed by atoms with Crippen LogP contribution in [0.4, 0.5) is 0 Å². The van der Waals surface area contributed by atoms with E-state index in [1.165, 1.54) is 6.92 Å². The summed E-state index contributed by atoms with van der Waals surface area (Å²) in [7, 11) is 0. The van der Waals surface area contributed by atoms with Crippen LogP contribution in [0.1, 0.15) is 33.6 Å². The molecule has 0 fully saturated rings. The number of primary amides is 1. The van der Waals surface area contributed by atoms with Gasteiger partial charge in [-0.25, -0.2) is 4.79 Å². The number of amides is 3. The number of nitrogens with one attached hydrogen (secondary N) is 2. The summed E-state index contributed by atoms with van der Waals surface area (Å²) in [6.07, 6.45) is -0.293. The summed E-state index contributed by atoms with van der Waals surface area (Å²) < 4.78 is 0. The molecule has 0 aromatic heterocycles. The monoisotopic (exact) mass is 316 g/mol. The fraction of sp³-hybridized carbons (Fsp3) is 0.692. The molecular formula is C13H24N4O5. The van der Waals surface area contributed by atoms with Crippen molar-refractivity contribution < 1.29 is 24.3 Å². The first-order valence-corrected chi connectivity index (χ1v) is 6.93. The molecule has 0 aromatic carbocycles. The second-order valence-corrected chi connectivity index (χ2v) is 5.42. The molecular weight excluding hydrogens is 292 g/mol. The van der Waals surface area contributed by atoms with Crippen LogP contribution in [0.3, 0.4) is 0 Å². The van der Waals surface area contributed by atoms with Crippen molar-refractivity contribution in [3.63, 3.8) is 0 Å². The van der Waals surface area contributed by atoms with Crippen molar-refractivity contribution >= 4 is 23.7 Å². The molecule has 0 radical (unpaired) electrons. The number of rotatable bonds is 9. The van der Waals surface area contributed by atoms with E-state index >= 15 is 0 Å². The van der Waals surface area contributed by atoms with Crippen LogP contribution in [-0.4, -0.2) is 46.9 Å². The zero-order valence-electron chi connectivity index (χ0n) is 13.0. The molecule has 126 valence electrons. The second kappa shape index (κ2) is 8.98. The van der Waals surface area contributed by atoms with Crippen LogP contribution in [0, 0.1) is 5.92 Å². The first-order chi connectivity index (χ1) is 10.1. The molecule has 0 aromatic rings. The highest BCUT2D eigenvalue weighted by Crippen LogP contribution is 2.05. The van der Waals surface area contributed by atoms with Crippen LogP contribution in [0.2, 0.25) is 0 Å². The summed E-state index contributed by atoms with van der Waals surface area (Å²) in [5.74, 6) is -3.38. The van der Waals surface area contributed by atoms with Gasteiger partial charge in [0.2, 0.25) is 17.7 Å². The Kier molecular flexibility index (Phi) is 8.10. The van der Waals surface area contributed by atoms with E-state index in [4.69, 9.17) is 16.6 Å². The highest BCUT2D eigenvalue weighted by atomic mass is 16.4. The minimum atomic E-state index is -1.28. The molecule has 0 bridgehead atoms. The van der Waals surface area contributed by atoms with Crippen LogP contribution < -0.4 is 22.1 Å². The maximum Gasteiger partial charge on any atom is 0.326 e. The molecule has 7 N–H and O–H groups in total. The summed E-state index contributed by atoms with van der Waals surface area (Å²) in [5, 5.41) is 13.8. The molecule has 9 heteroatoms. The molecule has 0 aliphatic rings. The SMILES string of the molecule is CC(C)[C@H](NC(=O)[C@H](C)N)C(=O)N[C@@H](CCC(N)=O)C(=O)O. The Bertz CT molecular complexity index is 436. The average molecular weight is 316 g/mol. The van der Waals surface area contributed by atoms with Crippen molar-refractivity contribution in [2.24, 2.45) is 17.4 Å². The molecule has 0 aliphatic carbocycles. The van der Waals surface area contributed by atoms with Gasteiger partial charge in [-0.05, 0) is 19.3 Å². The van der Waals surface area contributed by atoms with Gasteiger partial charge in [-0.3, -0.25) is 14.4 Å². The maximum absolute atomic E-state index is 12.2. The normalized spacial score (nSPS) is 14.8. The van der Waals surface area contributed by atoms with Crippen molar-refractivity contribution in [3.05, 3.63) is 0 Å². The van der Waals surface area contributed by atoms with Crippen LogP contribution >= 0.6 is 0 Å². The van der Waals surface area contributed by atoms with Gasteiger partial charge in [0, 0.05) is 6.42 Å². The Labute approximate surface area is 128 Å². The Morgan fingerprint density at radius 3 is 1.95 bits per heavy atom. The summed E-state index contributed by atoms with van der Waals surface area (Å²) in [6.45, 7) is 4.87. The number of aliphatic carboxylic acids is 1. The van der Waals surface area contributed by atoms with Crippen LogP contribution in [0.25, 0.3) is 0 Å². The first-order valence-electron chi connectivity index (χ1n) is 6.93. The molecule has 9 nitrogen and oxygen atoms in total. The van der Waals surface area contributed by atoms with Gasteiger partial charge in [0.05, 0.1) is 6.04 Å². The quantitative estimate of drug-likeness (QED) is 0.340. The third-order valence-electron chi connectivity index (χ3n) is 2.95. The maximum atomic E-state index is 12.2. The largest absolute Gasteiger partial charge is 0.480 e. The van der Waals surface area contributed by atoms with E-state index in [-0.39, 0.29) is 18.8 Å². The van der Waals surface area contributed by atoms with Crippen molar-refractivity contribution in [1.29, 1.82) is 0 Å². The summed E-state index contributed by atoms with van der Waals surface area (Å²) in [4.78, 5) is 45.6. The highest BCUT2D eigenvalue weighted by Gasteiger charge is 2.29. The molecule has 22 heavy (non-hydrogen) atoms. The lowest BCUT2D eigenvalue weighted by molar-refractivity contribution is -0.142. The lowest BCUT2D eigenvalue weighted by Crippen LogP contribution is -2.56. The minimum absolute atomic E-state index is 0.123. The lowest BCUT2D eigenvalue weighted by atomic mass is 10.0. The van der Waals surface area contributed by atoms with Crippen molar-refractivity contribution in [1.82, 2.24) is 10.6 Å². The van der Waals surface area contributed by atoms with Gasteiger partial charge in [-0.2, -0.15) is 0 Å². The van der Waals surface area contributed by atoms with Crippen LogP contribution in [0.5, 0.6) is 0 Å². The predicted octanol–water partition coefficient (Wildman–Crippen LogP) is -1.69. The van der Waals surface area contributed by atoms with E-state index in [2.05, 4.69) is 10.6 Å². The minimum Gasteiger partial charge on any atom is -0.480 e.